The number of hydrogen-bond donors (Lipinski definition) is 1. The molecule has 1 aromatic carbocycles. The fraction of sp³-hybridized carbons (Fsp3) is 0.533. The third-order valence-corrected chi connectivity index (χ3v) is 4.21. The molecular weight excluding hydrogens is 258 g/mol. The largest absolute Gasteiger partial charge is 0.497 e. The van der Waals surface area contributed by atoms with Crippen molar-refractivity contribution in [1.82, 2.24) is 4.90 Å². The monoisotopic (exact) mass is 277 g/mol. The summed E-state index contributed by atoms with van der Waals surface area (Å²) in [5.74, 6) is 0.897. The summed E-state index contributed by atoms with van der Waals surface area (Å²) in [4.78, 5) is 12.8. The van der Waals surface area contributed by atoms with Crippen LogP contribution >= 0.6 is 0 Å². The van der Waals surface area contributed by atoms with Gasteiger partial charge in [0.25, 0.3) is 0 Å². The molecule has 20 heavy (non-hydrogen) atoms. The second-order valence-electron chi connectivity index (χ2n) is 5.61. The number of carboxylic acid groups (broad SMARTS) is 1. The van der Waals surface area contributed by atoms with E-state index in [2.05, 4.69) is 0 Å². The summed E-state index contributed by atoms with van der Waals surface area (Å²) in [6.07, 6.45) is 2.81. The average Bonchev–Trinajstić information content (AvgIpc) is 2.79. The van der Waals surface area contributed by atoms with E-state index in [-0.39, 0.29) is 12.1 Å². The van der Waals surface area contributed by atoms with Crippen molar-refractivity contribution in [3.63, 3.8) is 0 Å². The summed E-state index contributed by atoms with van der Waals surface area (Å²) in [6, 6.07) is 5.92. The molecule has 2 aliphatic rings. The summed E-state index contributed by atoms with van der Waals surface area (Å²) < 4.78 is 11.5. The molecule has 5 nitrogen and oxygen atoms in total. The van der Waals surface area contributed by atoms with Gasteiger partial charge < -0.3 is 14.6 Å². The molecule has 0 bridgehead atoms. The van der Waals surface area contributed by atoms with Crippen LogP contribution in [0.2, 0.25) is 0 Å². The number of aliphatic carboxylic acids is 1. The van der Waals surface area contributed by atoms with Crippen LogP contribution in [0.15, 0.2) is 18.2 Å². The topological polar surface area (TPSA) is 59.0 Å². The lowest BCUT2D eigenvalue weighted by Gasteiger charge is -2.35. The van der Waals surface area contributed by atoms with Gasteiger partial charge in [-0.1, -0.05) is 6.07 Å². The van der Waals surface area contributed by atoms with Gasteiger partial charge in [-0.2, -0.15) is 0 Å². The average molecular weight is 277 g/mol. The first-order valence-electron chi connectivity index (χ1n) is 6.90. The molecule has 0 saturated carbocycles. The minimum absolute atomic E-state index is 0.0933. The molecule has 0 amide bonds. The van der Waals surface area contributed by atoms with Crippen LogP contribution in [0.3, 0.4) is 0 Å². The van der Waals surface area contributed by atoms with E-state index in [1.807, 2.05) is 23.1 Å². The summed E-state index contributed by atoms with van der Waals surface area (Å²) in [6.45, 7) is 1.57. The van der Waals surface area contributed by atoms with Crippen LogP contribution in [0.4, 0.5) is 0 Å². The van der Waals surface area contributed by atoms with E-state index in [1.54, 1.807) is 7.11 Å². The Morgan fingerprint density at radius 3 is 3.10 bits per heavy atom. The molecule has 0 radical (unpaired) electrons. The third-order valence-electron chi connectivity index (χ3n) is 4.21. The molecule has 2 heterocycles. The lowest BCUT2D eigenvalue weighted by Crippen LogP contribution is -2.43. The van der Waals surface area contributed by atoms with Crippen molar-refractivity contribution in [2.75, 3.05) is 26.7 Å². The molecule has 5 heteroatoms. The van der Waals surface area contributed by atoms with Gasteiger partial charge in [0.2, 0.25) is 0 Å². The molecule has 1 N–H and O–H groups in total. The van der Waals surface area contributed by atoms with Gasteiger partial charge in [-0.05, 0) is 24.5 Å². The van der Waals surface area contributed by atoms with E-state index >= 15 is 0 Å². The van der Waals surface area contributed by atoms with Crippen molar-refractivity contribution in [2.24, 2.45) is 0 Å². The lowest BCUT2D eigenvalue weighted by molar-refractivity contribution is -0.138. The van der Waals surface area contributed by atoms with E-state index in [4.69, 9.17) is 14.6 Å². The Labute approximate surface area is 118 Å². The Balaban J connectivity index is 1.76. The summed E-state index contributed by atoms with van der Waals surface area (Å²) in [7, 11) is 1.64. The zero-order chi connectivity index (χ0) is 14.2. The SMILES string of the molecule is COc1ccc2c(c1)OC1(CC2)CCN(CC(=O)O)C1. The molecule has 1 unspecified atom stereocenters. The van der Waals surface area contributed by atoms with E-state index in [1.165, 1.54) is 5.56 Å². The lowest BCUT2D eigenvalue weighted by atomic mass is 9.90. The van der Waals surface area contributed by atoms with Crippen LogP contribution in [0, 0.1) is 0 Å². The fourth-order valence-corrected chi connectivity index (χ4v) is 3.15. The van der Waals surface area contributed by atoms with Crippen molar-refractivity contribution in [2.45, 2.75) is 24.9 Å². The predicted octanol–water partition coefficient (Wildman–Crippen LogP) is 1.55. The third kappa shape index (κ3) is 2.45. The highest BCUT2D eigenvalue weighted by Crippen LogP contribution is 2.40. The van der Waals surface area contributed by atoms with Crippen LogP contribution in [0.5, 0.6) is 11.5 Å². The van der Waals surface area contributed by atoms with E-state index in [9.17, 15) is 4.79 Å². The Bertz CT molecular complexity index is 531. The Morgan fingerprint density at radius 1 is 1.50 bits per heavy atom. The number of benzene rings is 1. The van der Waals surface area contributed by atoms with Crippen molar-refractivity contribution in [3.05, 3.63) is 23.8 Å². The number of fused-ring (bicyclic) bond motifs is 1. The van der Waals surface area contributed by atoms with Crippen LogP contribution in [0.25, 0.3) is 0 Å². The Kier molecular flexibility index (Phi) is 3.30. The highest BCUT2D eigenvalue weighted by molar-refractivity contribution is 5.69. The highest BCUT2D eigenvalue weighted by Gasteiger charge is 2.43. The number of likely N-dealkylation sites (tertiary alicyclic amines) is 1. The number of rotatable bonds is 3. The molecular formula is C15H19NO4. The minimum Gasteiger partial charge on any atom is -0.497 e. The molecule has 0 aromatic heterocycles. The number of aryl methyl sites for hydroxylation is 1. The van der Waals surface area contributed by atoms with Crippen molar-refractivity contribution in [3.8, 4) is 11.5 Å². The summed E-state index contributed by atoms with van der Waals surface area (Å²) in [5.41, 5.74) is 0.975. The van der Waals surface area contributed by atoms with Gasteiger partial charge in [-0.25, -0.2) is 0 Å². The molecule has 3 rings (SSSR count). The summed E-state index contributed by atoms with van der Waals surface area (Å²) >= 11 is 0. The van der Waals surface area contributed by atoms with Crippen molar-refractivity contribution >= 4 is 5.97 Å². The first-order valence-corrected chi connectivity index (χ1v) is 6.90. The molecule has 1 atom stereocenters. The number of carboxylic acids is 1. The second kappa shape index (κ2) is 4.98. The number of nitrogens with zero attached hydrogens (tertiary/aromatic N) is 1. The first kappa shape index (κ1) is 13.2. The molecule has 1 spiro atoms. The van der Waals surface area contributed by atoms with Gasteiger partial charge in [0.15, 0.2) is 0 Å². The smallest absolute Gasteiger partial charge is 0.317 e. The number of methoxy groups -OCH3 is 1. The zero-order valence-electron chi connectivity index (χ0n) is 11.6. The molecule has 2 aliphatic heterocycles. The van der Waals surface area contributed by atoms with Gasteiger partial charge in [0, 0.05) is 25.6 Å². The van der Waals surface area contributed by atoms with Gasteiger partial charge in [0.1, 0.15) is 17.1 Å². The molecule has 1 aromatic rings. The van der Waals surface area contributed by atoms with Crippen LogP contribution in [0.1, 0.15) is 18.4 Å². The van der Waals surface area contributed by atoms with Crippen LogP contribution < -0.4 is 9.47 Å². The van der Waals surface area contributed by atoms with E-state index in [0.717, 1.165) is 37.3 Å². The maximum atomic E-state index is 10.8. The normalized spacial score (nSPS) is 25.2. The summed E-state index contributed by atoms with van der Waals surface area (Å²) in [5, 5.41) is 8.89. The quantitative estimate of drug-likeness (QED) is 0.908. The number of ether oxygens (including phenoxy) is 2. The van der Waals surface area contributed by atoms with Crippen LogP contribution in [-0.2, 0) is 11.2 Å². The minimum atomic E-state index is -0.778. The molecule has 0 aliphatic carbocycles. The van der Waals surface area contributed by atoms with Gasteiger partial charge in [0.05, 0.1) is 13.7 Å². The standard InChI is InChI=1S/C15H19NO4/c1-19-12-3-2-11-4-5-15(20-13(11)8-12)6-7-16(10-15)9-14(17)18/h2-3,8H,4-7,9-10H2,1H3,(H,17,18). The number of hydrogen-bond acceptors (Lipinski definition) is 4. The van der Waals surface area contributed by atoms with Crippen molar-refractivity contribution in [1.29, 1.82) is 0 Å². The van der Waals surface area contributed by atoms with E-state index in [0.29, 0.717) is 6.54 Å². The van der Waals surface area contributed by atoms with Gasteiger partial charge in [-0.3, -0.25) is 9.69 Å². The predicted molar refractivity (Wildman–Crippen MR) is 73.4 cm³/mol. The van der Waals surface area contributed by atoms with Gasteiger partial charge >= 0.3 is 5.97 Å². The first-order chi connectivity index (χ1) is 9.60. The highest BCUT2D eigenvalue weighted by atomic mass is 16.5. The maximum absolute atomic E-state index is 10.8. The van der Waals surface area contributed by atoms with Crippen LogP contribution in [-0.4, -0.2) is 48.3 Å². The molecule has 1 saturated heterocycles. The second-order valence-corrected chi connectivity index (χ2v) is 5.61. The molecule has 1 fully saturated rings. The van der Waals surface area contributed by atoms with E-state index < -0.39 is 5.97 Å². The zero-order valence-corrected chi connectivity index (χ0v) is 11.6. The Morgan fingerprint density at radius 2 is 2.35 bits per heavy atom. The fourth-order valence-electron chi connectivity index (χ4n) is 3.15. The van der Waals surface area contributed by atoms with Crippen molar-refractivity contribution < 1.29 is 19.4 Å². The molecule has 108 valence electrons. The number of carbonyl (C=O) groups is 1. The maximum Gasteiger partial charge on any atom is 0.317 e. The Hall–Kier alpha value is -1.75. The van der Waals surface area contributed by atoms with Gasteiger partial charge in [-0.15, -0.1) is 0 Å².